The summed E-state index contributed by atoms with van der Waals surface area (Å²) in [6, 6.07) is 2.10. The highest BCUT2D eigenvalue weighted by molar-refractivity contribution is 6.33. The molecule has 2 aromatic rings. The number of nitrogens with zero attached hydrogens (tertiary/aromatic N) is 5. The molecule has 2 N–H and O–H groups in total. The molecule has 0 bridgehead atoms. The van der Waals surface area contributed by atoms with Gasteiger partial charge in [-0.1, -0.05) is 11.6 Å². The Labute approximate surface area is 156 Å². The van der Waals surface area contributed by atoms with Crippen LogP contribution >= 0.6 is 11.6 Å². The second-order valence-corrected chi connectivity index (χ2v) is 7.40. The second kappa shape index (κ2) is 6.85. The number of carbonyl (C=O) groups excluding carboxylic acids is 1. The van der Waals surface area contributed by atoms with Crippen LogP contribution in [0.25, 0.3) is 0 Å². The number of aryl methyl sites for hydroxylation is 1. The molecule has 138 valence electrons. The Bertz CT molecular complexity index is 800. The fraction of sp³-hybridized carbons (Fsp3) is 0.529. The fourth-order valence-electron chi connectivity index (χ4n) is 3.60. The van der Waals surface area contributed by atoms with Gasteiger partial charge in [-0.2, -0.15) is 5.10 Å². The number of rotatable bonds is 4. The Balaban J connectivity index is 1.36. The minimum absolute atomic E-state index is 0.102. The standard InChI is InChI=1S/C17H21ClN6O2/c1-23-16(13(18)7-21-23)17(26)22-11-4-10(5-11)14-6-15(20-9-19-14)24-3-2-12(25)8-24/h6-7,9-12,25H,2-5,8H2,1H3,(H,22,26)/t10?,11?,12-/m0/s1. The smallest absolute Gasteiger partial charge is 0.271 e. The quantitative estimate of drug-likeness (QED) is 0.829. The third-order valence-electron chi connectivity index (χ3n) is 5.16. The lowest BCUT2D eigenvalue weighted by atomic mass is 9.78. The van der Waals surface area contributed by atoms with Crippen molar-refractivity contribution >= 4 is 23.3 Å². The predicted molar refractivity (Wildman–Crippen MR) is 96.3 cm³/mol. The molecule has 1 aliphatic heterocycles. The van der Waals surface area contributed by atoms with Crippen LogP contribution in [0.5, 0.6) is 0 Å². The summed E-state index contributed by atoms with van der Waals surface area (Å²) in [4.78, 5) is 23.1. The predicted octanol–water partition coefficient (Wildman–Crippen LogP) is 1.11. The molecule has 4 rings (SSSR count). The van der Waals surface area contributed by atoms with Gasteiger partial charge >= 0.3 is 0 Å². The van der Waals surface area contributed by atoms with Gasteiger partial charge in [-0.25, -0.2) is 9.97 Å². The van der Waals surface area contributed by atoms with Gasteiger partial charge in [-0.3, -0.25) is 9.48 Å². The van der Waals surface area contributed by atoms with E-state index in [0.717, 1.165) is 37.3 Å². The van der Waals surface area contributed by atoms with Gasteiger partial charge in [0, 0.05) is 43.9 Å². The number of amides is 1. The number of hydrogen-bond donors (Lipinski definition) is 2. The van der Waals surface area contributed by atoms with E-state index in [9.17, 15) is 9.90 Å². The lowest BCUT2D eigenvalue weighted by molar-refractivity contribution is 0.0898. The number of aliphatic hydroxyl groups excluding tert-OH is 1. The molecular formula is C17H21ClN6O2. The third-order valence-corrected chi connectivity index (χ3v) is 5.44. The Morgan fingerprint density at radius 2 is 2.19 bits per heavy atom. The van der Waals surface area contributed by atoms with Crippen molar-refractivity contribution in [1.82, 2.24) is 25.1 Å². The molecule has 2 aromatic heterocycles. The van der Waals surface area contributed by atoms with Gasteiger partial charge in [0.1, 0.15) is 17.8 Å². The van der Waals surface area contributed by atoms with Crippen LogP contribution in [0.3, 0.4) is 0 Å². The van der Waals surface area contributed by atoms with Crippen molar-refractivity contribution in [3.05, 3.63) is 35.0 Å². The number of aliphatic hydroxyl groups is 1. The van der Waals surface area contributed by atoms with Gasteiger partial charge in [0.25, 0.3) is 5.91 Å². The summed E-state index contributed by atoms with van der Waals surface area (Å²) >= 11 is 6.02. The summed E-state index contributed by atoms with van der Waals surface area (Å²) in [7, 11) is 1.70. The van der Waals surface area contributed by atoms with E-state index < -0.39 is 0 Å². The normalized spacial score (nSPS) is 25.2. The van der Waals surface area contributed by atoms with E-state index in [2.05, 4.69) is 25.3 Å². The minimum Gasteiger partial charge on any atom is -0.391 e. The molecule has 0 unspecified atom stereocenters. The molecule has 0 aromatic carbocycles. The first-order valence-electron chi connectivity index (χ1n) is 8.74. The molecule has 1 aliphatic carbocycles. The van der Waals surface area contributed by atoms with Gasteiger partial charge in [0.15, 0.2) is 0 Å². The number of β-amino-alcohol motifs (C(OH)–C–C–N with tert-alkyl or cyclic N) is 1. The number of carbonyl (C=O) groups is 1. The zero-order chi connectivity index (χ0) is 18.3. The van der Waals surface area contributed by atoms with Gasteiger partial charge in [0.05, 0.1) is 17.3 Å². The van der Waals surface area contributed by atoms with Crippen LogP contribution in [-0.4, -0.2) is 56.0 Å². The zero-order valence-corrected chi connectivity index (χ0v) is 15.2. The van der Waals surface area contributed by atoms with E-state index in [1.807, 2.05) is 6.07 Å². The maximum Gasteiger partial charge on any atom is 0.271 e. The van der Waals surface area contributed by atoms with Crippen molar-refractivity contribution in [2.45, 2.75) is 37.3 Å². The second-order valence-electron chi connectivity index (χ2n) is 6.99. The first-order valence-corrected chi connectivity index (χ1v) is 9.12. The summed E-state index contributed by atoms with van der Waals surface area (Å²) in [6.45, 7) is 1.43. The number of anilines is 1. The Morgan fingerprint density at radius 3 is 2.85 bits per heavy atom. The Kier molecular flexibility index (Phi) is 4.54. The summed E-state index contributed by atoms with van der Waals surface area (Å²) in [5.74, 6) is 0.963. The third kappa shape index (κ3) is 3.26. The van der Waals surface area contributed by atoms with E-state index >= 15 is 0 Å². The summed E-state index contributed by atoms with van der Waals surface area (Å²) in [5, 5.41) is 17.0. The van der Waals surface area contributed by atoms with Crippen molar-refractivity contribution in [1.29, 1.82) is 0 Å². The van der Waals surface area contributed by atoms with Gasteiger partial charge < -0.3 is 15.3 Å². The lowest BCUT2D eigenvalue weighted by Gasteiger charge is -2.35. The fourth-order valence-corrected chi connectivity index (χ4v) is 3.86. The highest BCUT2D eigenvalue weighted by atomic mass is 35.5. The van der Waals surface area contributed by atoms with Crippen LogP contribution in [0.4, 0.5) is 5.82 Å². The maximum atomic E-state index is 12.3. The molecule has 26 heavy (non-hydrogen) atoms. The highest BCUT2D eigenvalue weighted by Crippen LogP contribution is 2.37. The zero-order valence-electron chi connectivity index (χ0n) is 14.5. The van der Waals surface area contributed by atoms with Crippen LogP contribution in [0.15, 0.2) is 18.6 Å². The number of nitrogens with one attached hydrogen (secondary N) is 1. The molecule has 0 radical (unpaired) electrons. The van der Waals surface area contributed by atoms with Gasteiger partial charge in [-0.05, 0) is 19.3 Å². The topological polar surface area (TPSA) is 96.2 Å². The van der Waals surface area contributed by atoms with Gasteiger partial charge in [-0.15, -0.1) is 0 Å². The van der Waals surface area contributed by atoms with Crippen LogP contribution in [0, 0.1) is 0 Å². The molecule has 3 heterocycles. The van der Waals surface area contributed by atoms with Crippen LogP contribution < -0.4 is 10.2 Å². The molecule has 8 nitrogen and oxygen atoms in total. The van der Waals surface area contributed by atoms with Crippen molar-refractivity contribution < 1.29 is 9.90 Å². The molecule has 1 saturated carbocycles. The Morgan fingerprint density at radius 1 is 1.38 bits per heavy atom. The molecule has 2 aliphatic rings. The van der Waals surface area contributed by atoms with Crippen molar-refractivity contribution in [2.24, 2.45) is 7.05 Å². The summed E-state index contributed by atoms with van der Waals surface area (Å²) < 4.78 is 1.48. The van der Waals surface area contributed by atoms with Crippen molar-refractivity contribution in [3.63, 3.8) is 0 Å². The Hall–Kier alpha value is -2.19. The minimum atomic E-state index is -0.282. The first kappa shape index (κ1) is 17.2. The molecule has 0 spiro atoms. The van der Waals surface area contributed by atoms with Crippen molar-refractivity contribution in [2.75, 3.05) is 18.0 Å². The summed E-state index contributed by atoms with van der Waals surface area (Å²) in [5.41, 5.74) is 1.37. The molecule has 1 amide bonds. The number of hydrogen-bond acceptors (Lipinski definition) is 6. The molecule has 1 atom stereocenters. The average Bonchev–Trinajstić information content (AvgIpc) is 3.16. The molecular weight excluding hydrogens is 356 g/mol. The first-order chi connectivity index (χ1) is 12.5. The average molecular weight is 377 g/mol. The monoisotopic (exact) mass is 376 g/mol. The van der Waals surface area contributed by atoms with Crippen LogP contribution in [0.2, 0.25) is 5.02 Å². The van der Waals surface area contributed by atoms with E-state index in [0.29, 0.717) is 23.2 Å². The number of aromatic nitrogens is 4. The lowest BCUT2D eigenvalue weighted by Crippen LogP contribution is -2.44. The molecule has 2 fully saturated rings. The largest absolute Gasteiger partial charge is 0.391 e. The van der Waals surface area contributed by atoms with Gasteiger partial charge in [0.2, 0.25) is 0 Å². The van der Waals surface area contributed by atoms with E-state index in [-0.39, 0.29) is 18.1 Å². The van der Waals surface area contributed by atoms with E-state index in [1.54, 1.807) is 13.4 Å². The van der Waals surface area contributed by atoms with Crippen LogP contribution in [0.1, 0.15) is 41.4 Å². The summed E-state index contributed by atoms with van der Waals surface area (Å²) in [6.07, 6.45) is 5.21. The van der Waals surface area contributed by atoms with Crippen molar-refractivity contribution in [3.8, 4) is 0 Å². The SMILES string of the molecule is Cn1ncc(Cl)c1C(=O)NC1CC(c2cc(N3CC[C@H](O)C3)ncn2)C1. The molecule has 9 heteroatoms. The maximum absolute atomic E-state index is 12.3. The highest BCUT2D eigenvalue weighted by Gasteiger charge is 2.34. The molecule has 1 saturated heterocycles. The van der Waals surface area contributed by atoms with E-state index in [1.165, 1.54) is 10.9 Å². The van der Waals surface area contributed by atoms with Crippen LogP contribution in [-0.2, 0) is 7.05 Å². The number of halogens is 1. The van der Waals surface area contributed by atoms with E-state index in [4.69, 9.17) is 11.6 Å².